The number of rotatable bonds is 7. The number of nitrogens with zero attached hydrogens (tertiary/aromatic N) is 1. The fourth-order valence-electron chi connectivity index (χ4n) is 2.97. The van der Waals surface area contributed by atoms with Gasteiger partial charge in [-0.15, -0.1) is 0 Å². The number of carbonyl (C=O) groups is 3. The molecule has 0 spiro atoms. The number of amides is 3. The highest BCUT2D eigenvalue weighted by atomic mass is 35.5. The first-order valence-corrected chi connectivity index (χ1v) is 10.8. The van der Waals surface area contributed by atoms with Crippen LogP contribution in [0.2, 0.25) is 5.02 Å². The molecule has 0 heterocycles. The predicted molar refractivity (Wildman–Crippen MR) is 132 cm³/mol. The average Bonchev–Trinajstić information content (AvgIpc) is 2.81. The van der Waals surface area contributed by atoms with Crippen LogP contribution in [0.1, 0.15) is 16.7 Å². The van der Waals surface area contributed by atoms with Gasteiger partial charge in [0.1, 0.15) is 11.6 Å². The summed E-state index contributed by atoms with van der Waals surface area (Å²) in [5.74, 6) is -2.57. The molecule has 3 N–H and O–H groups in total. The SMILES string of the molecule is Cc1ccc(NC(=O)COc2ccc(Cl)cc2/C=N\NC(=O)C(=O)Nc2ccc(F)cc2)c(C)c1. The Morgan fingerprint density at radius 3 is 2.43 bits per heavy atom. The minimum Gasteiger partial charge on any atom is -0.483 e. The van der Waals surface area contributed by atoms with E-state index in [0.717, 1.165) is 23.3 Å². The van der Waals surface area contributed by atoms with Crippen LogP contribution >= 0.6 is 11.6 Å². The zero-order chi connectivity index (χ0) is 25.4. The molecule has 3 rings (SSSR count). The molecular weight excluding hydrogens is 475 g/mol. The molecule has 35 heavy (non-hydrogen) atoms. The van der Waals surface area contributed by atoms with Gasteiger partial charge < -0.3 is 15.4 Å². The lowest BCUT2D eigenvalue weighted by Gasteiger charge is -2.11. The fraction of sp³-hybridized carbons (Fsp3) is 0.120. The van der Waals surface area contributed by atoms with Crippen LogP contribution in [-0.2, 0) is 14.4 Å². The van der Waals surface area contributed by atoms with E-state index in [9.17, 15) is 18.8 Å². The van der Waals surface area contributed by atoms with Crippen molar-refractivity contribution in [3.05, 3.63) is 88.2 Å². The molecule has 10 heteroatoms. The van der Waals surface area contributed by atoms with Gasteiger partial charge in [-0.05, 0) is 67.9 Å². The third-order valence-corrected chi connectivity index (χ3v) is 4.90. The Bertz CT molecular complexity index is 1280. The van der Waals surface area contributed by atoms with Crippen molar-refractivity contribution >= 4 is 46.9 Å². The maximum absolute atomic E-state index is 12.9. The first kappa shape index (κ1) is 25.4. The zero-order valence-corrected chi connectivity index (χ0v) is 19.7. The quantitative estimate of drug-likeness (QED) is 0.259. The topological polar surface area (TPSA) is 109 Å². The van der Waals surface area contributed by atoms with Crippen molar-refractivity contribution in [2.75, 3.05) is 17.2 Å². The molecule has 0 aliphatic carbocycles. The van der Waals surface area contributed by atoms with Gasteiger partial charge in [0.05, 0.1) is 6.21 Å². The summed E-state index contributed by atoms with van der Waals surface area (Å²) in [7, 11) is 0. The summed E-state index contributed by atoms with van der Waals surface area (Å²) in [5, 5.41) is 9.23. The average molecular weight is 497 g/mol. The predicted octanol–water partition coefficient (Wildman–Crippen LogP) is 4.20. The molecule has 0 aromatic heterocycles. The normalized spacial score (nSPS) is 10.6. The van der Waals surface area contributed by atoms with E-state index < -0.39 is 17.6 Å². The smallest absolute Gasteiger partial charge is 0.329 e. The number of hydrogen-bond donors (Lipinski definition) is 3. The van der Waals surface area contributed by atoms with Crippen LogP contribution in [0.4, 0.5) is 15.8 Å². The second-order valence-corrected chi connectivity index (χ2v) is 7.93. The molecule has 0 saturated heterocycles. The molecule has 0 saturated carbocycles. The fourth-order valence-corrected chi connectivity index (χ4v) is 3.15. The molecule has 0 fully saturated rings. The van der Waals surface area contributed by atoms with E-state index in [4.69, 9.17) is 16.3 Å². The highest BCUT2D eigenvalue weighted by Crippen LogP contribution is 2.22. The Labute approximate surface area is 206 Å². The van der Waals surface area contributed by atoms with Crippen molar-refractivity contribution in [3.63, 3.8) is 0 Å². The second-order valence-electron chi connectivity index (χ2n) is 7.50. The highest BCUT2D eigenvalue weighted by molar-refractivity contribution is 6.39. The zero-order valence-electron chi connectivity index (χ0n) is 18.9. The summed E-state index contributed by atoms with van der Waals surface area (Å²) < 4.78 is 18.5. The number of ether oxygens (including phenoxy) is 1. The summed E-state index contributed by atoms with van der Waals surface area (Å²) in [5.41, 5.74) is 5.40. The number of anilines is 2. The van der Waals surface area contributed by atoms with Crippen molar-refractivity contribution in [3.8, 4) is 5.75 Å². The number of benzene rings is 3. The number of nitrogens with one attached hydrogen (secondary N) is 3. The van der Waals surface area contributed by atoms with Crippen molar-refractivity contribution in [2.24, 2.45) is 5.10 Å². The molecule has 3 aromatic rings. The Balaban J connectivity index is 1.58. The van der Waals surface area contributed by atoms with Gasteiger partial charge in [0, 0.05) is 22.0 Å². The molecule has 180 valence electrons. The van der Waals surface area contributed by atoms with Gasteiger partial charge >= 0.3 is 11.8 Å². The van der Waals surface area contributed by atoms with Crippen molar-refractivity contribution < 1.29 is 23.5 Å². The number of hydrogen-bond acceptors (Lipinski definition) is 5. The first-order chi connectivity index (χ1) is 16.7. The van der Waals surface area contributed by atoms with E-state index in [1.165, 1.54) is 24.4 Å². The van der Waals surface area contributed by atoms with Gasteiger partial charge in [0.15, 0.2) is 6.61 Å². The molecule has 0 atom stereocenters. The molecule has 0 aliphatic rings. The maximum atomic E-state index is 12.9. The molecule has 0 radical (unpaired) electrons. The summed E-state index contributed by atoms with van der Waals surface area (Å²) in [6.07, 6.45) is 1.23. The van der Waals surface area contributed by atoms with Crippen LogP contribution in [0, 0.1) is 19.7 Å². The lowest BCUT2D eigenvalue weighted by atomic mass is 10.1. The van der Waals surface area contributed by atoms with Crippen LogP contribution in [0.3, 0.4) is 0 Å². The second kappa shape index (κ2) is 11.8. The maximum Gasteiger partial charge on any atom is 0.329 e. The van der Waals surface area contributed by atoms with Gasteiger partial charge in [-0.3, -0.25) is 14.4 Å². The van der Waals surface area contributed by atoms with Gasteiger partial charge in [-0.1, -0.05) is 29.3 Å². The van der Waals surface area contributed by atoms with Gasteiger partial charge in [-0.25, -0.2) is 9.82 Å². The summed E-state index contributed by atoms with van der Waals surface area (Å²) in [6, 6.07) is 15.2. The van der Waals surface area contributed by atoms with E-state index in [1.807, 2.05) is 32.0 Å². The Morgan fingerprint density at radius 1 is 0.971 bits per heavy atom. The number of carbonyl (C=O) groups excluding carboxylic acids is 3. The van der Waals surface area contributed by atoms with Gasteiger partial charge in [0.2, 0.25) is 0 Å². The van der Waals surface area contributed by atoms with Crippen molar-refractivity contribution in [1.29, 1.82) is 0 Å². The minimum atomic E-state index is -1.04. The van der Waals surface area contributed by atoms with Gasteiger partial charge in [-0.2, -0.15) is 5.10 Å². The molecular formula is C25H22ClFN4O4. The van der Waals surface area contributed by atoms with E-state index >= 15 is 0 Å². The van der Waals surface area contributed by atoms with Crippen LogP contribution in [0.25, 0.3) is 0 Å². The van der Waals surface area contributed by atoms with Crippen LogP contribution in [0.5, 0.6) is 5.75 Å². The van der Waals surface area contributed by atoms with E-state index in [2.05, 4.69) is 21.2 Å². The molecule has 8 nitrogen and oxygen atoms in total. The first-order valence-electron chi connectivity index (χ1n) is 10.4. The minimum absolute atomic E-state index is 0.250. The van der Waals surface area contributed by atoms with Crippen LogP contribution in [-0.4, -0.2) is 30.5 Å². The number of halogens is 2. The third-order valence-electron chi connectivity index (χ3n) is 4.66. The Hall–Kier alpha value is -4.24. The summed E-state index contributed by atoms with van der Waals surface area (Å²) in [6.45, 7) is 3.58. The van der Waals surface area contributed by atoms with Crippen molar-refractivity contribution in [2.45, 2.75) is 13.8 Å². The van der Waals surface area contributed by atoms with Crippen LogP contribution in [0.15, 0.2) is 65.8 Å². The summed E-state index contributed by atoms with van der Waals surface area (Å²) in [4.78, 5) is 36.3. The Kier molecular flexibility index (Phi) is 8.53. The molecule has 3 aromatic carbocycles. The van der Waals surface area contributed by atoms with Crippen LogP contribution < -0.4 is 20.8 Å². The van der Waals surface area contributed by atoms with Gasteiger partial charge in [0.25, 0.3) is 5.91 Å². The van der Waals surface area contributed by atoms with E-state index in [1.54, 1.807) is 12.1 Å². The Morgan fingerprint density at radius 2 is 1.71 bits per heavy atom. The monoisotopic (exact) mass is 496 g/mol. The number of hydrazone groups is 1. The third kappa shape index (κ3) is 7.65. The summed E-state index contributed by atoms with van der Waals surface area (Å²) >= 11 is 6.04. The molecule has 3 amide bonds. The molecule has 0 bridgehead atoms. The number of aryl methyl sites for hydroxylation is 2. The van der Waals surface area contributed by atoms with E-state index in [-0.39, 0.29) is 18.2 Å². The lowest BCUT2D eigenvalue weighted by Crippen LogP contribution is -2.32. The lowest BCUT2D eigenvalue weighted by molar-refractivity contribution is -0.136. The standard InChI is InChI=1S/C25H22ClFN4O4/c1-15-3-9-21(16(2)11-15)30-23(32)14-35-22-10-4-18(26)12-17(22)13-28-31-25(34)24(33)29-20-7-5-19(27)6-8-20/h3-13H,14H2,1-2H3,(H,29,33)(H,30,32)(H,31,34)/b28-13-. The van der Waals surface area contributed by atoms with Crippen molar-refractivity contribution in [1.82, 2.24) is 5.43 Å². The largest absolute Gasteiger partial charge is 0.483 e. The van der Waals surface area contributed by atoms with E-state index in [0.29, 0.717) is 22.0 Å². The molecule has 0 aliphatic heterocycles. The highest BCUT2D eigenvalue weighted by Gasteiger charge is 2.13. The molecule has 0 unspecified atom stereocenters.